The number of likely N-dealkylation sites (N-methyl/N-ethyl adjacent to an activating group) is 1. The zero-order chi connectivity index (χ0) is 16.7. The topological polar surface area (TPSA) is 71.8 Å². The monoisotopic (exact) mass is 316 g/mol. The van der Waals surface area contributed by atoms with Crippen LogP contribution in [-0.4, -0.2) is 36.9 Å². The van der Waals surface area contributed by atoms with Crippen LogP contribution in [0.5, 0.6) is 5.75 Å². The molecule has 0 bridgehead atoms. The standard InChI is InChI=1S/C17H20N2O4/c1-3-22-14-8-6-13(7-9-14)12-19(2)16(20)11-18-17(21)15-5-4-10-23-15/h4-10H,3,11-12H2,1-2H3,(H,18,21). The first kappa shape index (κ1) is 16.6. The maximum absolute atomic E-state index is 12.0. The van der Waals surface area contributed by atoms with E-state index in [9.17, 15) is 9.59 Å². The van der Waals surface area contributed by atoms with Gasteiger partial charge < -0.3 is 19.4 Å². The van der Waals surface area contributed by atoms with Gasteiger partial charge in [0.05, 0.1) is 19.4 Å². The average Bonchev–Trinajstić information content (AvgIpc) is 3.09. The number of hydrogen-bond donors (Lipinski definition) is 1. The summed E-state index contributed by atoms with van der Waals surface area (Å²) in [5, 5.41) is 2.53. The van der Waals surface area contributed by atoms with E-state index < -0.39 is 5.91 Å². The Morgan fingerprint density at radius 2 is 1.96 bits per heavy atom. The lowest BCUT2D eigenvalue weighted by Crippen LogP contribution is -2.37. The summed E-state index contributed by atoms with van der Waals surface area (Å²) in [4.78, 5) is 25.3. The Hall–Kier alpha value is -2.76. The van der Waals surface area contributed by atoms with E-state index >= 15 is 0 Å². The van der Waals surface area contributed by atoms with Crippen molar-refractivity contribution in [3.8, 4) is 5.75 Å². The fraction of sp³-hybridized carbons (Fsp3) is 0.294. The van der Waals surface area contributed by atoms with Crippen LogP contribution in [0, 0.1) is 0 Å². The first-order valence-electron chi connectivity index (χ1n) is 7.37. The van der Waals surface area contributed by atoms with Gasteiger partial charge in [-0.25, -0.2) is 0 Å². The second kappa shape index (κ2) is 8.03. The second-order valence-electron chi connectivity index (χ2n) is 4.99. The highest BCUT2D eigenvalue weighted by Crippen LogP contribution is 2.13. The van der Waals surface area contributed by atoms with Crippen LogP contribution < -0.4 is 10.1 Å². The molecule has 0 unspecified atom stereocenters. The second-order valence-corrected chi connectivity index (χ2v) is 4.99. The van der Waals surface area contributed by atoms with E-state index in [0.29, 0.717) is 13.2 Å². The molecular formula is C17H20N2O4. The van der Waals surface area contributed by atoms with Gasteiger partial charge >= 0.3 is 0 Å². The number of amides is 2. The first-order chi connectivity index (χ1) is 11.1. The van der Waals surface area contributed by atoms with Crippen LogP contribution in [-0.2, 0) is 11.3 Å². The number of ether oxygens (including phenoxy) is 1. The lowest BCUT2D eigenvalue weighted by atomic mass is 10.2. The molecule has 0 aliphatic carbocycles. The number of nitrogens with zero attached hydrogens (tertiary/aromatic N) is 1. The van der Waals surface area contributed by atoms with E-state index in [4.69, 9.17) is 9.15 Å². The average molecular weight is 316 g/mol. The number of carbonyl (C=O) groups is 2. The molecule has 122 valence electrons. The summed E-state index contributed by atoms with van der Waals surface area (Å²) < 4.78 is 10.3. The quantitative estimate of drug-likeness (QED) is 0.849. The van der Waals surface area contributed by atoms with E-state index in [1.165, 1.54) is 6.26 Å². The van der Waals surface area contributed by atoms with E-state index in [1.54, 1.807) is 24.1 Å². The van der Waals surface area contributed by atoms with Crippen molar-refractivity contribution in [2.75, 3.05) is 20.2 Å². The molecule has 0 spiro atoms. The Morgan fingerprint density at radius 1 is 1.22 bits per heavy atom. The third-order valence-corrected chi connectivity index (χ3v) is 3.22. The van der Waals surface area contributed by atoms with Crippen LogP contribution in [0.1, 0.15) is 23.0 Å². The fourth-order valence-electron chi connectivity index (χ4n) is 2.01. The van der Waals surface area contributed by atoms with Crippen LogP contribution in [0.4, 0.5) is 0 Å². The SMILES string of the molecule is CCOc1ccc(CN(C)C(=O)CNC(=O)c2ccco2)cc1. The van der Waals surface area contributed by atoms with Gasteiger partial charge in [0.1, 0.15) is 5.75 Å². The molecule has 2 aromatic rings. The molecule has 0 aliphatic rings. The Bertz CT molecular complexity index is 635. The number of benzene rings is 1. The number of carbonyl (C=O) groups excluding carboxylic acids is 2. The highest BCUT2D eigenvalue weighted by atomic mass is 16.5. The number of rotatable bonds is 7. The van der Waals surface area contributed by atoms with Gasteiger partial charge in [-0.3, -0.25) is 9.59 Å². The van der Waals surface area contributed by atoms with E-state index in [0.717, 1.165) is 11.3 Å². The summed E-state index contributed by atoms with van der Waals surface area (Å²) in [6.07, 6.45) is 1.41. The largest absolute Gasteiger partial charge is 0.494 e. The first-order valence-corrected chi connectivity index (χ1v) is 7.37. The lowest BCUT2D eigenvalue weighted by Gasteiger charge is -2.17. The molecule has 0 atom stereocenters. The molecule has 0 saturated carbocycles. The maximum Gasteiger partial charge on any atom is 0.287 e. The minimum absolute atomic E-state index is 0.0763. The van der Waals surface area contributed by atoms with Gasteiger partial charge in [0.25, 0.3) is 5.91 Å². The highest BCUT2D eigenvalue weighted by Gasteiger charge is 2.13. The minimum atomic E-state index is -0.405. The van der Waals surface area contributed by atoms with Crippen LogP contribution in [0.3, 0.4) is 0 Å². The third-order valence-electron chi connectivity index (χ3n) is 3.22. The molecule has 0 radical (unpaired) electrons. The van der Waals surface area contributed by atoms with Gasteiger partial charge in [-0.1, -0.05) is 12.1 Å². The molecule has 2 amide bonds. The number of furan rings is 1. The van der Waals surface area contributed by atoms with Crippen molar-refractivity contribution >= 4 is 11.8 Å². The molecule has 2 rings (SSSR count). The summed E-state index contributed by atoms with van der Waals surface area (Å²) >= 11 is 0. The molecule has 23 heavy (non-hydrogen) atoms. The molecular weight excluding hydrogens is 296 g/mol. The normalized spacial score (nSPS) is 10.2. The van der Waals surface area contributed by atoms with Gasteiger partial charge in [0.15, 0.2) is 5.76 Å². The molecule has 1 N–H and O–H groups in total. The van der Waals surface area contributed by atoms with E-state index in [1.807, 2.05) is 31.2 Å². The minimum Gasteiger partial charge on any atom is -0.494 e. The molecule has 6 heteroatoms. The molecule has 0 fully saturated rings. The van der Waals surface area contributed by atoms with Gasteiger partial charge in [-0.15, -0.1) is 0 Å². The molecule has 0 saturated heterocycles. The van der Waals surface area contributed by atoms with Gasteiger partial charge in [0.2, 0.25) is 5.91 Å². The Balaban J connectivity index is 1.81. The van der Waals surface area contributed by atoms with Gasteiger partial charge in [-0.05, 0) is 36.8 Å². The third kappa shape index (κ3) is 4.88. The smallest absolute Gasteiger partial charge is 0.287 e. The summed E-state index contributed by atoms with van der Waals surface area (Å²) in [7, 11) is 1.69. The van der Waals surface area contributed by atoms with Crippen LogP contribution in [0.15, 0.2) is 47.1 Å². The van der Waals surface area contributed by atoms with Gasteiger partial charge in [0, 0.05) is 13.6 Å². The van der Waals surface area contributed by atoms with Crippen molar-refractivity contribution in [2.45, 2.75) is 13.5 Å². The lowest BCUT2D eigenvalue weighted by molar-refractivity contribution is -0.129. The summed E-state index contributed by atoms with van der Waals surface area (Å²) in [5.41, 5.74) is 0.988. The molecule has 6 nitrogen and oxygen atoms in total. The van der Waals surface area contributed by atoms with Crippen molar-refractivity contribution < 1.29 is 18.7 Å². The van der Waals surface area contributed by atoms with Crippen molar-refractivity contribution in [3.05, 3.63) is 54.0 Å². The van der Waals surface area contributed by atoms with Crippen LogP contribution >= 0.6 is 0 Å². The van der Waals surface area contributed by atoms with Gasteiger partial charge in [-0.2, -0.15) is 0 Å². The van der Waals surface area contributed by atoms with Crippen LogP contribution in [0.25, 0.3) is 0 Å². The van der Waals surface area contributed by atoms with Crippen molar-refractivity contribution in [1.29, 1.82) is 0 Å². The van der Waals surface area contributed by atoms with Crippen LogP contribution in [0.2, 0.25) is 0 Å². The van der Waals surface area contributed by atoms with E-state index in [-0.39, 0.29) is 18.2 Å². The summed E-state index contributed by atoms with van der Waals surface area (Å²) in [6, 6.07) is 10.7. The summed E-state index contributed by atoms with van der Waals surface area (Å²) in [5.74, 6) is 0.402. The predicted molar refractivity (Wildman–Crippen MR) is 85.1 cm³/mol. The molecule has 1 aromatic carbocycles. The highest BCUT2D eigenvalue weighted by molar-refractivity contribution is 5.94. The predicted octanol–water partition coefficient (Wildman–Crippen LogP) is 2.07. The zero-order valence-corrected chi connectivity index (χ0v) is 13.2. The van der Waals surface area contributed by atoms with Crippen molar-refractivity contribution in [1.82, 2.24) is 10.2 Å². The number of hydrogen-bond acceptors (Lipinski definition) is 4. The summed E-state index contributed by atoms with van der Waals surface area (Å²) in [6.45, 7) is 2.93. The zero-order valence-electron chi connectivity index (χ0n) is 13.2. The fourth-order valence-corrected chi connectivity index (χ4v) is 2.01. The van der Waals surface area contributed by atoms with Crippen molar-refractivity contribution in [3.63, 3.8) is 0 Å². The molecule has 1 aromatic heterocycles. The Morgan fingerprint density at radius 3 is 2.57 bits per heavy atom. The molecule has 0 aliphatic heterocycles. The van der Waals surface area contributed by atoms with Crippen molar-refractivity contribution in [2.24, 2.45) is 0 Å². The Labute approximate surface area is 135 Å². The maximum atomic E-state index is 12.0. The van der Waals surface area contributed by atoms with E-state index in [2.05, 4.69) is 5.32 Å². The molecule has 1 heterocycles. The Kier molecular flexibility index (Phi) is 5.80. The number of nitrogens with one attached hydrogen (secondary N) is 1.